The highest BCUT2D eigenvalue weighted by molar-refractivity contribution is 5.80. The zero-order valence-corrected chi connectivity index (χ0v) is 14.6. The summed E-state index contributed by atoms with van der Waals surface area (Å²) in [6, 6.07) is 16.0. The number of para-hydroxylation sites is 1. The summed E-state index contributed by atoms with van der Waals surface area (Å²) in [5.74, 6) is -1.02. The number of benzene rings is 2. The van der Waals surface area contributed by atoms with Crippen molar-refractivity contribution in [1.82, 2.24) is 19.7 Å². The molecule has 0 unspecified atom stereocenters. The molecule has 7 heteroatoms. The molecule has 4 rings (SSSR count). The lowest BCUT2D eigenvalue weighted by molar-refractivity contribution is -0.146. The molecule has 4 nitrogen and oxygen atoms in total. The van der Waals surface area contributed by atoms with Crippen molar-refractivity contribution in [2.45, 2.75) is 20.0 Å². The van der Waals surface area contributed by atoms with Gasteiger partial charge in [-0.05, 0) is 49.2 Å². The molecule has 0 aliphatic carbocycles. The molecule has 2 heterocycles. The molecule has 0 bridgehead atoms. The van der Waals surface area contributed by atoms with E-state index < -0.39 is 12.0 Å². The van der Waals surface area contributed by atoms with Crippen LogP contribution in [0.3, 0.4) is 0 Å². The number of hydrogen-bond donors (Lipinski definition) is 0. The Morgan fingerprint density at radius 1 is 0.852 bits per heavy atom. The molecule has 0 saturated heterocycles. The summed E-state index contributed by atoms with van der Waals surface area (Å²) in [4.78, 5) is 4.48. The van der Waals surface area contributed by atoms with E-state index in [9.17, 15) is 13.2 Å². The van der Waals surface area contributed by atoms with Gasteiger partial charge in [0.25, 0.3) is 0 Å². The number of halogens is 3. The zero-order chi connectivity index (χ0) is 19.2. The maximum atomic E-state index is 13.6. The Morgan fingerprint density at radius 3 is 2.37 bits per heavy atom. The van der Waals surface area contributed by atoms with Gasteiger partial charge in [0.05, 0.1) is 5.52 Å². The number of pyridine rings is 1. The molecule has 4 aromatic rings. The molecule has 0 saturated carbocycles. The van der Waals surface area contributed by atoms with Gasteiger partial charge in [0.2, 0.25) is 5.82 Å². The molecular weight excluding hydrogens is 353 g/mol. The molecule has 27 heavy (non-hydrogen) atoms. The SMILES string of the molecule is Cc1ccc(-n2c(-c3ccc4ccccc4n3)nnc2C(F)(F)F)cc1C. The predicted octanol–water partition coefficient (Wildman–Crippen LogP) is 5.12. The number of aromatic nitrogens is 4. The van der Waals surface area contributed by atoms with E-state index in [1.165, 1.54) is 0 Å². The van der Waals surface area contributed by atoms with Crippen molar-refractivity contribution < 1.29 is 13.2 Å². The van der Waals surface area contributed by atoms with Crippen LogP contribution >= 0.6 is 0 Å². The Balaban J connectivity index is 1.97. The first-order valence-corrected chi connectivity index (χ1v) is 8.31. The number of aryl methyl sites for hydroxylation is 2. The van der Waals surface area contributed by atoms with E-state index in [1.807, 2.05) is 38.1 Å². The van der Waals surface area contributed by atoms with Gasteiger partial charge in [-0.15, -0.1) is 10.2 Å². The van der Waals surface area contributed by atoms with Crippen molar-refractivity contribution in [3.8, 4) is 17.2 Å². The summed E-state index contributed by atoms with van der Waals surface area (Å²) in [5.41, 5.74) is 3.23. The summed E-state index contributed by atoms with van der Waals surface area (Å²) in [5, 5.41) is 8.14. The van der Waals surface area contributed by atoms with Gasteiger partial charge in [0.15, 0.2) is 5.82 Å². The average molecular weight is 368 g/mol. The van der Waals surface area contributed by atoms with Crippen molar-refractivity contribution in [2.75, 3.05) is 0 Å². The molecule has 0 N–H and O–H groups in total. The second-order valence-electron chi connectivity index (χ2n) is 6.34. The van der Waals surface area contributed by atoms with Crippen LogP contribution in [0.4, 0.5) is 13.2 Å². The van der Waals surface area contributed by atoms with Crippen LogP contribution in [0.5, 0.6) is 0 Å². The van der Waals surface area contributed by atoms with Crippen molar-refractivity contribution in [1.29, 1.82) is 0 Å². The summed E-state index contributed by atoms with van der Waals surface area (Å²) < 4.78 is 41.7. The highest BCUT2D eigenvalue weighted by Crippen LogP contribution is 2.33. The Hall–Kier alpha value is -3.22. The molecule has 2 aromatic carbocycles. The Labute approximate surface area is 153 Å². The van der Waals surface area contributed by atoms with Crippen LogP contribution in [0, 0.1) is 13.8 Å². The van der Waals surface area contributed by atoms with Crippen LogP contribution in [-0.2, 0) is 6.18 Å². The van der Waals surface area contributed by atoms with E-state index in [0.29, 0.717) is 16.9 Å². The van der Waals surface area contributed by atoms with Crippen LogP contribution in [0.1, 0.15) is 17.0 Å². The molecule has 0 atom stereocenters. The lowest BCUT2D eigenvalue weighted by Crippen LogP contribution is -2.15. The van der Waals surface area contributed by atoms with Gasteiger partial charge in [-0.25, -0.2) is 4.98 Å². The number of rotatable bonds is 2. The van der Waals surface area contributed by atoms with E-state index >= 15 is 0 Å². The van der Waals surface area contributed by atoms with E-state index in [1.54, 1.807) is 30.3 Å². The van der Waals surface area contributed by atoms with Crippen LogP contribution in [0.15, 0.2) is 54.6 Å². The van der Waals surface area contributed by atoms with Crippen molar-refractivity contribution >= 4 is 10.9 Å². The average Bonchev–Trinajstić information content (AvgIpc) is 3.09. The summed E-state index contributed by atoms with van der Waals surface area (Å²) in [7, 11) is 0. The van der Waals surface area contributed by atoms with Crippen molar-refractivity contribution in [3.05, 3.63) is 71.5 Å². The van der Waals surface area contributed by atoms with Gasteiger partial charge in [0, 0.05) is 11.1 Å². The molecule has 0 amide bonds. The van der Waals surface area contributed by atoms with Gasteiger partial charge in [-0.3, -0.25) is 4.57 Å². The summed E-state index contributed by atoms with van der Waals surface area (Å²) >= 11 is 0. The largest absolute Gasteiger partial charge is 0.452 e. The molecule has 0 fully saturated rings. The van der Waals surface area contributed by atoms with Crippen LogP contribution in [-0.4, -0.2) is 19.7 Å². The minimum Gasteiger partial charge on any atom is -0.270 e. The maximum Gasteiger partial charge on any atom is 0.452 e. The first-order chi connectivity index (χ1) is 12.8. The molecule has 136 valence electrons. The number of nitrogens with zero attached hydrogens (tertiary/aromatic N) is 4. The van der Waals surface area contributed by atoms with E-state index in [2.05, 4.69) is 15.2 Å². The van der Waals surface area contributed by atoms with E-state index in [4.69, 9.17) is 0 Å². The van der Waals surface area contributed by atoms with Crippen LogP contribution in [0.2, 0.25) is 0 Å². The Morgan fingerprint density at radius 2 is 1.63 bits per heavy atom. The fourth-order valence-electron chi connectivity index (χ4n) is 2.93. The third-order valence-electron chi connectivity index (χ3n) is 4.49. The zero-order valence-electron chi connectivity index (χ0n) is 14.6. The smallest absolute Gasteiger partial charge is 0.270 e. The van der Waals surface area contributed by atoms with E-state index in [0.717, 1.165) is 21.1 Å². The minimum absolute atomic E-state index is 0.0522. The second kappa shape index (κ2) is 6.19. The molecule has 0 radical (unpaired) electrons. The van der Waals surface area contributed by atoms with Gasteiger partial charge in [0.1, 0.15) is 5.69 Å². The number of alkyl halides is 3. The number of fused-ring (bicyclic) bond motifs is 1. The Bertz CT molecular complexity index is 1150. The molecule has 0 spiro atoms. The lowest BCUT2D eigenvalue weighted by atomic mass is 10.1. The normalized spacial score (nSPS) is 11.9. The first kappa shape index (κ1) is 17.2. The van der Waals surface area contributed by atoms with Gasteiger partial charge in [-0.1, -0.05) is 30.3 Å². The first-order valence-electron chi connectivity index (χ1n) is 8.31. The molecule has 0 aliphatic heterocycles. The van der Waals surface area contributed by atoms with Crippen LogP contribution in [0.25, 0.3) is 28.1 Å². The van der Waals surface area contributed by atoms with Crippen LogP contribution < -0.4 is 0 Å². The van der Waals surface area contributed by atoms with Gasteiger partial charge < -0.3 is 0 Å². The fraction of sp³-hybridized carbons (Fsp3) is 0.150. The molecule has 0 aliphatic rings. The quantitative estimate of drug-likeness (QED) is 0.493. The highest BCUT2D eigenvalue weighted by Gasteiger charge is 2.39. The topological polar surface area (TPSA) is 43.6 Å². The predicted molar refractivity (Wildman–Crippen MR) is 96.6 cm³/mol. The fourth-order valence-corrected chi connectivity index (χ4v) is 2.93. The maximum absolute atomic E-state index is 13.6. The third-order valence-corrected chi connectivity index (χ3v) is 4.49. The Kier molecular flexibility index (Phi) is 3.95. The summed E-state index contributed by atoms with van der Waals surface area (Å²) in [6.07, 6.45) is -4.64. The second-order valence-corrected chi connectivity index (χ2v) is 6.34. The molecular formula is C20H15F3N4. The highest BCUT2D eigenvalue weighted by atomic mass is 19.4. The standard InChI is InChI=1S/C20H15F3N4/c1-12-7-9-15(11-13(12)2)27-18(25-26-19(27)20(21,22)23)17-10-8-14-5-3-4-6-16(14)24-17/h3-11H,1-2H3. The summed E-state index contributed by atoms with van der Waals surface area (Å²) in [6.45, 7) is 3.76. The van der Waals surface area contributed by atoms with Gasteiger partial charge in [-0.2, -0.15) is 13.2 Å². The van der Waals surface area contributed by atoms with Crippen molar-refractivity contribution in [3.63, 3.8) is 0 Å². The monoisotopic (exact) mass is 368 g/mol. The lowest BCUT2D eigenvalue weighted by Gasteiger charge is -2.13. The third kappa shape index (κ3) is 3.05. The minimum atomic E-state index is -4.64. The number of hydrogen-bond acceptors (Lipinski definition) is 3. The molecule has 2 aromatic heterocycles. The van der Waals surface area contributed by atoms with E-state index in [-0.39, 0.29) is 5.82 Å². The van der Waals surface area contributed by atoms with Gasteiger partial charge >= 0.3 is 6.18 Å². The van der Waals surface area contributed by atoms with Crippen molar-refractivity contribution in [2.24, 2.45) is 0 Å².